The van der Waals surface area contributed by atoms with Crippen molar-refractivity contribution in [3.63, 3.8) is 0 Å². The quantitative estimate of drug-likeness (QED) is 0.490. The molecule has 106 valence electrons. The fourth-order valence-corrected chi connectivity index (χ4v) is 2.73. The largest absolute Gasteiger partial charge is 0.465 e. The first-order valence-electron chi connectivity index (χ1n) is 7.15. The second-order valence-electron chi connectivity index (χ2n) is 5.13. The summed E-state index contributed by atoms with van der Waals surface area (Å²) in [5, 5.41) is 3.46. The van der Waals surface area contributed by atoms with E-state index in [1.807, 2.05) is 25.6 Å². The molecule has 4 heteroatoms. The van der Waals surface area contributed by atoms with Gasteiger partial charge in [-0.15, -0.1) is 0 Å². The van der Waals surface area contributed by atoms with Gasteiger partial charge in [0.2, 0.25) is 0 Å². The Bertz CT molecular complexity index is 256. The molecule has 1 fully saturated rings. The Morgan fingerprint density at radius 2 is 2.11 bits per heavy atom. The first-order valence-corrected chi connectivity index (χ1v) is 8.30. The molecule has 1 atom stereocenters. The van der Waals surface area contributed by atoms with E-state index < -0.39 is 5.54 Å². The average molecular weight is 273 g/mol. The third kappa shape index (κ3) is 5.61. The van der Waals surface area contributed by atoms with E-state index in [4.69, 9.17) is 4.74 Å². The van der Waals surface area contributed by atoms with Gasteiger partial charge in [0.25, 0.3) is 0 Å². The second kappa shape index (κ2) is 8.05. The summed E-state index contributed by atoms with van der Waals surface area (Å²) in [4.78, 5) is 12.1. The summed E-state index contributed by atoms with van der Waals surface area (Å²) in [6.45, 7) is 6.51. The molecule has 0 spiro atoms. The first kappa shape index (κ1) is 15.8. The molecule has 3 nitrogen and oxygen atoms in total. The number of carbonyl (C=O) groups is 1. The number of thioether (sulfide) groups is 1. The highest BCUT2D eigenvalue weighted by atomic mass is 32.2. The Hall–Kier alpha value is -0.220. The van der Waals surface area contributed by atoms with Crippen LogP contribution in [0.4, 0.5) is 0 Å². The molecule has 1 unspecified atom stereocenters. The molecule has 0 aromatic rings. The van der Waals surface area contributed by atoms with Gasteiger partial charge in [-0.05, 0) is 51.0 Å². The van der Waals surface area contributed by atoms with Crippen molar-refractivity contribution in [1.29, 1.82) is 0 Å². The molecule has 0 bridgehead atoms. The molecule has 1 N–H and O–H groups in total. The number of esters is 1. The van der Waals surface area contributed by atoms with Crippen molar-refractivity contribution in [2.45, 2.75) is 64.5 Å². The van der Waals surface area contributed by atoms with Gasteiger partial charge >= 0.3 is 5.97 Å². The molecule has 1 rings (SSSR count). The zero-order valence-electron chi connectivity index (χ0n) is 12.0. The first-order chi connectivity index (χ1) is 8.62. The highest BCUT2D eigenvalue weighted by Crippen LogP contribution is 2.26. The summed E-state index contributed by atoms with van der Waals surface area (Å²) in [6.07, 6.45) is 5.54. The van der Waals surface area contributed by atoms with Crippen LogP contribution in [0.15, 0.2) is 0 Å². The predicted molar refractivity (Wildman–Crippen MR) is 78.0 cm³/mol. The van der Waals surface area contributed by atoms with Crippen molar-refractivity contribution in [3.8, 4) is 0 Å². The van der Waals surface area contributed by atoms with Crippen LogP contribution < -0.4 is 5.32 Å². The number of hydrogen-bond acceptors (Lipinski definition) is 4. The lowest BCUT2D eigenvalue weighted by Gasteiger charge is -2.28. The average Bonchev–Trinajstić information content (AvgIpc) is 3.13. The van der Waals surface area contributed by atoms with E-state index in [1.54, 1.807) is 0 Å². The van der Waals surface area contributed by atoms with Crippen LogP contribution in [0, 0.1) is 0 Å². The van der Waals surface area contributed by atoms with E-state index in [-0.39, 0.29) is 5.97 Å². The predicted octanol–water partition coefficient (Wildman–Crippen LogP) is 2.98. The third-order valence-corrected chi connectivity index (χ3v) is 4.23. The van der Waals surface area contributed by atoms with Crippen LogP contribution in [0.3, 0.4) is 0 Å². The smallest absolute Gasteiger partial charge is 0.326 e. The number of unbranched alkanes of at least 4 members (excludes halogenated alkanes) is 1. The zero-order valence-corrected chi connectivity index (χ0v) is 12.8. The monoisotopic (exact) mass is 273 g/mol. The SMILES string of the molecule is CCOC(=O)C(C)(CCCCSCC)NC1CC1. The van der Waals surface area contributed by atoms with Crippen LogP contribution in [-0.4, -0.2) is 35.7 Å². The summed E-state index contributed by atoms with van der Waals surface area (Å²) in [5.41, 5.74) is -0.478. The van der Waals surface area contributed by atoms with Crippen molar-refractivity contribution < 1.29 is 9.53 Å². The number of ether oxygens (including phenoxy) is 1. The standard InChI is InChI=1S/C14H27NO2S/c1-4-17-13(16)14(3,15-12-8-9-12)10-6-7-11-18-5-2/h12,15H,4-11H2,1-3H3. The number of carbonyl (C=O) groups excluding carboxylic acids is 1. The minimum absolute atomic E-state index is 0.0833. The minimum Gasteiger partial charge on any atom is -0.465 e. The molecular formula is C14H27NO2S. The van der Waals surface area contributed by atoms with Crippen molar-refractivity contribution in [2.75, 3.05) is 18.1 Å². The fraction of sp³-hybridized carbons (Fsp3) is 0.929. The number of rotatable bonds is 10. The molecule has 0 aromatic heterocycles. The van der Waals surface area contributed by atoms with Crippen LogP contribution in [0.1, 0.15) is 52.9 Å². The molecule has 0 saturated heterocycles. The summed E-state index contributed by atoms with van der Waals surface area (Å²) in [7, 11) is 0. The van der Waals surface area contributed by atoms with Crippen LogP contribution in [0.2, 0.25) is 0 Å². The molecule has 0 heterocycles. The van der Waals surface area contributed by atoms with Crippen LogP contribution in [-0.2, 0) is 9.53 Å². The molecule has 0 aromatic carbocycles. The summed E-state index contributed by atoms with van der Waals surface area (Å²) in [5.74, 6) is 2.29. The highest BCUT2D eigenvalue weighted by Gasteiger charge is 2.38. The van der Waals surface area contributed by atoms with E-state index >= 15 is 0 Å². The van der Waals surface area contributed by atoms with E-state index in [1.165, 1.54) is 30.8 Å². The molecule has 0 amide bonds. The third-order valence-electron chi connectivity index (χ3n) is 3.25. The highest BCUT2D eigenvalue weighted by molar-refractivity contribution is 7.99. The minimum atomic E-state index is -0.478. The maximum absolute atomic E-state index is 12.1. The lowest BCUT2D eigenvalue weighted by Crippen LogP contribution is -2.51. The van der Waals surface area contributed by atoms with Gasteiger partial charge in [0.1, 0.15) is 5.54 Å². The Balaban J connectivity index is 2.35. The molecule has 0 radical (unpaired) electrons. The maximum atomic E-state index is 12.1. The molecule has 1 aliphatic rings. The van der Waals surface area contributed by atoms with Crippen molar-refractivity contribution >= 4 is 17.7 Å². The summed E-state index contributed by atoms with van der Waals surface area (Å²) >= 11 is 1.97. The Kier molecular flexibility index (Phi) is 7.08. The lowest BCUT2D eigenvalue weighted by atomic mass is 9.94. The van der Waals surface area contributed by atoms with Crippen molar-refractivity contribution in [2.24, 2.45) is 0 Å². The molecule has 0 aliphatic heterocycles. The molecule has 1 saturated carbocycles. The van der Waals surface area contributed by atoms with Gasteiger partial charge in [0.15, 0.2) is 0 Å². The van der Waals surface area contributed by atoms with Gasteiger partial charge in [0, 0.05) is 6.04 Å². The zero-order chi connectivity index (χ0) is 13.4. The summed E-state index contributed by atoms with van der Waals surface area (Å²) < 4.78 is 5.21. The van der Waals surface area contributed by atoms with Crippen molar-refractivity contribution in [1.82, 2.24) is 5.32 Å². The normalized spacial score (nSPS) is 18.4. The van der Waals surface area contributed by atoms with E-state index in [9.17, 15) is 4.79 Å². The Morgan fingerprint density at radius 1 is 1.39 bits per heavy atom. The van der Waals surface area contributed by atoms with Gasteiger partial charge < -0.3 is 4.74 Å². The van der Waals surface area contributed by atoms with E-state index in [2.05, 4.69) is 12.2 Å². The van der Waals surface area contributed by atoms with Crippen LogP contribution in [0.5, 0.6) is 0 Å². The van der Waals surface area contributed by atoms with Crippen LogP contribution in [0.25, 0.3) is 0 Å². The van der Waals surface area contributed by atoms with Gasteiger partial charge in [-0.2, -0.15) is 11.8 Å². The lowest BCUT2D eigenvalue weighted by molar-refractivity contribution is -0.151. The molecule has 1 aliphatic carbocycles. The van der Waals surface area contributed by atoms with Crippen LogP contribution >= 0.6 is 11.8 Å². The van der Waals surface area contributed by atoms with Crippen molar-refractivity contribution in [3.05, 3.63) is 0 Å². The maximum Gasteiger partial charge on any atom is 0.326 e. The molecule has 18 heavy (non-hydrogen) atoms. The van der Waals surface area contributed by atoms with E-state index in [0.717, 1.165) is 12.8 Å². The van der Waals surface area contributed by atoms with Gasteiger partial charge in [-0.25, -0.2) is 0 Å². The van der Waals surface area contributed by atoms with Gasteiger partial charge in [0.05, 0.1) is 6.61 Å². The number of hydrogen-bond donors (Lipinski definition) is 1. The Morgan fingerprint density at radius 3 is 2.67 bits per heavy atom. The van der Waals surface area contributed by atoms with Gasteiger partial charge in [-0.3, -0.25) is 10.1 Å². The second-order valence-corrected chi connectivity index (χ2v) is 6.52. The topological polar surface area (TPSA) is 38.3 Å². The van der Waals surface area contributed by atoms with Gasteiger partial charge in [-0.1, -0.05) is 13.3 Å². The molecular weight excluding hydrogens is 246 g/mol. The number of nitrogens with one attached hydrogen (secondary N) is 1. The summed E-state index contributed by atoms with van der Waals surface area (Å²) in [6, 6.07) is 0.532. The fourth-order valence-electron chi connectivity index (χ4n) is 2.03. The Labute approximate surface area is 115 Å². The van der Waals surface area contributed by atoms with E-state index in [0.29, 0.717) is 12.6 Å².